The molecule has 0 aliphatic carbocycles. The third-order valence-corrected chi connectivity index (χ3v) is 1.90. The highest BCUT2D eigenvalue weighted by molar-refractivity contribution is 5.79. The summed E-state index contributed by atoms with van der Waals surface area (Å²) in [5, 5.41) is 2.95. The highest BCUT2D eigenvalue weighted by Gasteiger charge is 2.15. The highest BCUT2D eigenvalue weighted by atomic mass is 16.5. The predicted octanol–water partition coefficient (Wildman–Crippen LogP) is -0.109. The standard InChI is InChI=1S/C10H22N2O3/c1-4-12-9(10(11)13)7-15-8(3)6-14-5-2/h8-9,12H,4-7H2,1-3H3,(H2,11,13). The number of amides is 1. The Balaban J connectivity index is 3.72. The minimum absolute atomic E-state index is 0.0227. The van der Waals surface area contributed by atoms with Gasteiger partial charge < -0.3 is 20.5 Å². The van der Waals surface area contributed by atoms with Crippen molar-refractivity contribution in [2.24, 2.45) is 5.73 Å². The Morgan fingerprint density at radius 1 is 1.40 bits per heavy atom. The normalized spacial score (nSPS) is 14.9. The molecule has 0 spiro atoms. The molecule has 0 heterocycles. The molecule has 5 heteroatoms. The molecule has 0 aromatic heterocycles. The fourth-order valence-corrected chi connectivity index (χ4v) is 1.08. The first-order valence-corrected chi connectivity index (χ1v) is 5.33. The lowest BCUT2D eigenvalue weighted by Gasteiger charge is -2.18. The van der Waals surface area contributed by atoms with Crippen molar-refractivity contribution >= 4 is 5.91 Å². The molecule has 90 valence electrons. The molecule has 2 unspecified atom stereocenters. The number of carbonyl (C=O) groups is 1. The molecule has 15 heavy (non-hydrogen) atoms. The van der Waals surface area contributed by atoms with E-state index >= 15 is 0 Å². The van der Waals surface area contributed by atoms with Crippen molar-refractivity contribution in [2.75, 3.05) is 26.4 Å². The van der Waals surface area contributed by atoms with Crippen molar-refractivity contribution in [3.05, 3.63) is 0 Å². The van der Waals surface area contributed by atoms with Crippen molar-refractivity contribution in [1.82, 2.24) is 5.32 Å². The van der Waals surface area contributed by atoms with E-state index in [4.69, 9.17) is 15.2 Å². The fraction of sp³-hybridized carbons (Fsp3) is 0.900. The van der Waals surface area contributed by atoms with Crippen LogP contribution in [0.2, 0.25) is 0 Å². The summed E-state index contributed by atoms with van der Waals surface area (Å²) >= 11 is 0. The van der Waals surface area contributed by atoms with Crippen LogP contribution in [0.5, 0.6) is 0 Å². The van der Waals surface area contributed by atoms with Crippen LogP contribution in [-0.2, 0) is 14.3 Å². The molecule has 0 bridgehead atoms. The van der Waals surface area contributed by atoms with Crippen LogP contribution in [0.15, 0.2) is 0 Å². The molecule has 2 atom stereocenters. The Hall–Kier alpha value is -0.650. The van der Waals surface area contributed by atoms with Crippen LogP contribution in [0.25, 0.3) is 0 Å². The summed E-state index contributed by atoms with van der Waals surface area (Å²) < 4.78 is 10.6. The second-order valence-electron chi connectivity index (χ2n) is 3.32. The Morgan fingerprint density at radius 3 is 2.53 bits per heavy atom. The average molecular weight is 218 g/mol. The van der Waals surface area contributed by atoms with Gasteiger partial charge in [-0.1, -0.05) is 6.92 Å². The van der Waals surface area contributed by atoms with Gasteiger partial charge in [-0.05, 0) is 20.4 Å². The largest absolute Gasteiger partial charge is 0.379 e. The van der Waals surface area contributed by atoms with E-state index < -0.39 is 6.04 Å². The van der Waals surface area contributed by atoms with Gasteiger partial charge in [0.25, 0.3) is 0 Å². The lowest BCUT2D eigenvalue weighted by atomic mass is 10.3. The monoisotopic (exact) mass is 218 g/mol. The second-order valence-corrected chi connectivity index (χ2v) is 3.32. The number of likely N-dealkylation sites (N-methyl/N-ethyl adjacent to an activating group) is 1. The topological polar surface area (TPSA) is 73.6 Å². The van der Waals surface area contributed by atoms with Crippen LogP contribution in [0.4, 0.5) is 0 Å². The SMILES string of the molecule is CCNC(COC(C)COCC)C(N)=O. The molecule has 0 saturated heterocycles. The van der Waals surface area contributed by atoms with Gasteiger partial charge >= 0.3 is 0 Å². The molecule has 0 saturated carbocycles. The number of carbonyl (C=O) groups excluding carboxylic acids is 1. The summed E-state index contributed by atoms with van der Waals surface area (Å²) in [4.78, 5) is 11.0. The number of primary amides is 1. The van der Waals surface area contributed by atoms with E-state index in [1.807, 2.05) is 20.8 Å². The third kappa shape index (κ3) is 7.30. The minimum atomic E-state index is -0.418. The third-order valence-electron chi connectivity index (χ3n) is 1.90. The van der Waals surface area contributed by atoms with E-state index in [9.17, 15) is 4.79 Å². The van der Waals surface area contributed by atoms with E-state index in [2.05, 4.69) is 5.32 Å². The summed E-state index contributed by atoms with van der Waals surface area (Å²) in [5.41, 5.74) is 5.20. The van der Waals surface area contributed by atoms with Crippen LogP contribution >= 0.6 is 0 Å². The number of rotatable bonds is 9. The first-order chi connectivity index (χ1) is 7.11. The molecule has 0 aromatic rings. The number of hydrogen-bond acceptors (Lipinski definition) is 4. The molecule has 3 N–H and O–H groups in total. The zero-order chi connectivity index (χ0) is 11.7. The van der Waals surface area contributed by atoms with Crippen molar-refractivity contribution in [2.45, 2.75) is 32.9 Å². The molecule has 5 nitrogen and oxygen atoms in total. The molecular weight excluding hydrogens is 196 g/mol. The Labute approximate surface area is 91.3 Å². The first kappa shape index (κ1) is 14.3. The molecule has 0 aliphatic rings. The van der Waals surface area contributed by atoms with Gasteiger partial charge in [-0.2, -0.15) is 0 Å². The molecular formula is C10H22N2O3. The molecule has 0 fully saturated rings. The summed E-state index contributed by atoms with van der Waals surface area (Å²) in [7, 11) is 0. The van der Waals surface area contributed by atoms with E-state index in [1.54, 1.807) is 0 Å². The Morgan fingerprint density at radius 2 is 2.07 bits per heavy atom. The van der Waals surface area contributed by atoms with Crippen molar-refractivity contribution in [3.63, 3.8) is 0 Å². The first-order valence-electron chi connectivity index (χ1n) is 5.33. The Bertz CT molecular complexity index is 176. The van der Waals surface area contributed by atoms with E-state index in [0.717, 1.165) is 0 Å². The van der Waals surface area contributed by atoms with Crippen LogP contribution in [0.3, 0.4) is 0 Å². The maximum absolute atomic E-state index is 11.0. The molecule has 1 amide bonds. The lowest BCUT2D eigenvalue weighted by molar-refractivity contribution is -0.122. The molecule has 0 radical (unpaired) electrons. The molecule has 0 aliphatic heterocycles. The smallest absolute Gasteiger partial charge is 0.236 e. The highest BCUT2D eigenvalue weighted by Crippen LogP contribution is 1.94. The zero-order valence-electron chi connectivity index (χ0n) is 9.79. The van der Waals surface area contributed by atoms with Gasteiger partial charge in [-0.3, -0.25) is 4.79 Å². The van der Waals surface area contributed by atoms with Crippen molar-refractivity contribution < 1.29 is 14.3 Å². The van der Waals surface area contributed by atoms with Gasteiger partial charge in [0.05, 0.1) is 19.3 Å². The maximum Gasteiger partial charge on any atom is 0.236 e. The zero-order valence-corrected chi connectivity index (χ0v) is 9.79. The summed E-state index contributed by atoms with van der Waals surface area (Å²) in [6.07, 6.45) is -0.0227. The number of nitrogens with two attached hydrogens (primary N) is 1. The summed E-state index contributed by atoms with van der Waals surface area (Å²) in [6, 6.07) is -0.418. The Kier molecular flexibility index (Phi) is 8.27. The summed E-state index contributed by atoms with van der Waals surface area (Å²) in [6.45, 7) is 7.93. The van der Waals surface area contributed by atoms with Crippen molar-refractivity contribution in [3.8, 4) is 0 Å². The van der Waals surface area contributed by atoms with Crippen LogP contribution < -0.4 is 11.1 Å². The van der Waals surface area contributed by atoms with Gasteiger partial charge in [0.2, 0.25) is 5.91 Å². The quantitative estimate of drug-likeness (QED) is 0.566. The van der Waals surface area contributed by atoms with Gasteiger partial charge in [0.1, 0.15) is 6.04 Å². The minimum Gasteiger partial charge on any atom is -0.379 e. The second kappa shape index (κ2) is 8.64. The van der Waals surface area contributed by atoms with E-state index in [-0.39, 0.29) is 18.6 Å². The van der Waals surface area contributed by atoms with Crippen LogP contribution in [0.1, 0.15) is 20.8 Å². The van der Waals surface area contributed by atoms with Gasteiger partial charge in [0.15, 0.2) is 0 Å². The van der Waals surface area contributed by atoms with E-state index in [1.165, 1.54) is 0 Å². The van der Waals surface area contributed by atoms with Crippen molar-refractivity contribution in [1.29, 1.82) is 0 Å². The fourth-order valence-electron chi connectivity index (χ4n) is 1.08. The van der Waals surface area contributed by atoms with Crippen LogP contribution in [0, 0.1) is 0 Å². The van der Waals surface area contributed by atoms with Crippen LogP contribution in [-0.4, -0.2) is 44.4 Å². The van der Waals surface area contributed by atoms with Gasteiger partial charge in [0, 0.05) is 6.61 Å². The van der Waals surface area contributed by atoms with Gasteiger partial charge in [-0.15, -0.1) is 0 Å². The maximum atomic E-state index is 11.0. The lowest BCUT2D eigenvalue weighted by Crippen LogP contribution is -2.45. The molecule has 0 rings (SSSR count). The molecule has 0 aromatic carbocycles. The van der Waals surface area contributed by atoms with E-state index in [0.29, 0.717) is 19.8 Å². The number of nitrogens with one attached hydrogen (secondary N) is 1. The number of hydrogen-bond donors (Lipinski definition) is 2. The van der Waals surface area contributed by atoms with Gasteiger partial charge in [-0.25, -0.2) is 0 Å². The average Bonchev–Trinajstić information content (AvgIpc) is 2.20. The number of ether oxygens (including phenoxy) is 2. The predicted molar refractivity (Wildman–Crippen MR) is 58.6 cm³/mol. The summed E-state index contributed by atoms with van der Waals surface area (Å²) in [5.74, 6) is -0.388.